The molecule has 1 amide bonds. The third-order valence-corrected chi connectivity index (χ3v) is 8.23. The molecule has 1 aromatic carbocycles. The summed E-state index contributed by atoms with van der Waals surface area (Å²) in [5.74, 6) is 0.0256. The number of carbonyl (C=O) groups excluding carboxylic acids is 1. The standard InChI is InChI=1S/C20H28N4O3S2/c1-3-15(4-2)19-22-23-20(28-19)21-18(25)16-9-11-17(12-10-16)29(26,27)24-13-7-5-6-8-14-24/h9-12,15H,3-8,13-14H2,1-2H3,(H,21,23,25). The van der Waals surface area contributed by atoms with Gasteiger partial charge in [-0.15, -0.1) is 10.2 Å². The van der Waals surface area contributed by atoms with Gasteiger partial charge in [0.25, 0.3) is 5.91 Å². The lowest BCUT2D eigenvalue weighted by Gasteiger charge is -2.20. The molecule has 1 aromatic heterocycles. The van der Waals surface area contributed by atoms with Crippen LogP contribution in [0, 0.1) is 0 Å². The van der Waals surface area contributed by atoms with Gasteiger partial charge in [-0.1, -0.05) is 38.0 Å². The molecular formula is C20H28N4O3S2. The first kappa shape index (κ1) is 21.9. The quantitative estimate of drug-likeness (QED) is 0.700. The third-order valence-electron chi connectivity index (χ3n) is 5.32. The molecule has 1 N–H and O–H groups in total. The second-order valence-corrected chi connectivity index (χ2v) is 10.2. The smallest absolute Gasteiger partial charge is 0.257 e. The highest BCUT2D eigenvalue weighted by Gasteiger charge is 2.25. The molecule has 29 heavy (non-hydrogen) atoms. The maximum absolute atomic E-state index is 12.8. The van der Waals surface area contributed by atoms with Crippen LogP contribution in [0.3, 0.4) is 0 Å². The summed E-state index contributed by atoms with van der Waals surface area (Å²) in [5, 5.41) is 12.4. The summed E-state index contributed by atoms with van der Waals surface area (Å²) in [7, 11) is -3.52. The molecule has 1 aliphatic heterocycles. The van der Waals surface area contributed by atoms with Gasteiger partial charge in [-0.3, -0.25) is 10.1 Å². The van der Waals surface area contributed by atoms with Crippen LogP contribution in [0.2, 0.25) is 0 Å². The van der Waals surface area contributed by atoms with Crippen molar-refractivity contribution < 1.29 is 13.2 Å². The second-order valence-electron chi connectivity index (χ2n) is 7.26. The van der Waals surface area contributed by atoms with Crippen molar-refractivity contribution >= 4 is 32.4 Å². The number of nitrogens with zero attached hydrogens (tertiary/aromatic N) is 3. The predicted octanol–water partition coefficient (Wildman–Crippen LogP) is 4.26. The molecule has 0 saturated carbocycles. The molecule has 1 saturated heterocycles. The van der Waals surface area contributed by atoms with Crippen molar-refractivity contribution in [2.45, 2.75) is 63.2 Å². The van der Waals surface area contributed by atoms with Crippen molar-refractivity contribution in [3.8, 4) is 0 Å². The van der Waals surface area contributed by atoms with E-state index in [0.29, 0.717) is 29.7 Å². The summed E-state index contributed by atoms with van der Waals surface area (Å²) in [6.45, 7) is 5.32. The number of carbonyl (C=O) groups is 1. The monoisotopic (exact) mass is 436 g/mol. The van der Waals surface area contributed by atoms with Crippen LogP contribution >= 0.6 is 11.3 Å². The molecule has 0 atom stereocenters. The first-order valence-corrected chi connectivity index (χ1v) is 12.5. The zero-order chi connectivity index (χ0) is 20.9. The summed E-state index contributed by atoms with van der Waals surface area (Å²) in [6, 6.07) is 6.10. The fraction of sp³-hybridized carbons (Fsp3) is 0.550. The van der Waals surface area contributed by atoms with Crippen LogP contribution in [0.1, 0.15) is 73.7 Å². The number of rotatable bonds is 7. The zero-order valence-electron chi connectivity index (χ0n) is 16.9. The first-order chi connectivity index (χ1) is 14.0. The average molecular weight is 437 g/mol. The molecular weight excluding hydrogens is 408 g/mol. The van der Waals surface area contributed by atoms with Crippen LogP contribution < -0.4 is 5.32 Å². The molecule has 158 valence electrons. The van der Waals surface area contributed by atoms with Crippen molar-refractivity contribution in [1.82, 2.24) is 14.5 Å². The van der Waals surface area contributed by atoms with E-state index in [2.05, 4.69) is 29.4 Å². The Kier molecular flexibility index (Phi) is 7.37. The molecule has 3 rings (SSSR count). The lowest BCUT2D eigenvalue weighted by Crippen LogP contribution is -2.31. The van der Waals surface area contributed by atoms with Crippen LogP contribution in [-0.4, -0.2) is 41.9 Å². The fourth-order valence-electron chi connectivity index (χ4n) is 3.47. The van der Waals surface area contributed by atoms with Crippen LogP contribution in [-0.2, 0) is 10.0 Å². The SMILES string of the molecule is CCC(CC)c1nnc(NC(=O)c2ccc(S(=O)(=O)N3CCCCCC3)cc2)s1. The van der Waals surface area contributed by atoms with Gasteiger partial charge in [0.2, 0.25) is 15.2 Å². The summed E-state index contributed by atoms with van der Waals surface area (Å²) in [5.41, 5.74) is 0.388. The van der Waals surface area contributed by atoms with Gasteiger partial charge in [-0.05, 0) is 49.9 Å². The number of anilines is 1. The average Bonchev–Trinajstić information content (AvgIpc) is 3.00. The van der Waals surface area contributed by atoms with Crippen LogP contribution in [0.25, 0.3) is 0 Å². The number of aromatic nitrogens is 2. The molecule has 2 aromatic rings. The number of amides is 1. The Labute approximate surface area is 176 Å². The summed E-state index contributed by atoms with van der Waals surface area (Å²) < 4.78 is 27.2. The number of hydrogen-bond acceptors (Lipinski definition) is 6. The normalized spacial score (nSPS) is 16.0. The van der Waals surface area contributed by atoms with E-state index < -0.39 is 10.0 Å². The van der Waals surface area contributed by atoms with Gasteiger partial charge in [0.15, 0.2) is 0 Å². The van der Waals surface area contributed by atoms with Gasteiger partial charge < -0.3 is 0 Å². The highest BCUT2D eigenvalue weighted by atomic mass is 32.2. The minimum Gasteiger partial charge on any atom is -0.296 e. The van der Waals surface area contributed by atoms with Gasteiger partial charge in [-0.25, -0.2) is 8.42 Å². The Morgan fingerprint density at radius 1 is 1.07 bits per heavy atom. The van der Waals surface area contributed by atoms with Crippen molar-refractivity contribution in [3.05, 3.63) is 34.8 Å². The Morgan fingerprint density at radius 3 is 2.28 bits per heavy atom. The van der Waals surface area contributed by atoms with Crippen molar-refractivity contribution in [2.75, 3.05) is 18.4 Å². The highest BCUT2D eigenvalue weighted by molar-refractivity contribution is 7.89. The maximum Gasteiger partial charge on any atom is 0.257 e. The predicted molar refractivity (Wildman–Crippen MR) is 115 cm³/mol. The minimum absolute atomic E-state index is 0.225. The van der Waals surface area contributed by atoms with Gasteiger partial charge in [0, 0.05) is 24.6 Å². The molecule has 0 bridgehead atoms. The minimum atomic E-state index is -3.52. The summed E-state index contributed by atoms with van der Waals surface area (Å²) >= 11 is 1.38. The molecule has 0 aliphatic carbocycles. The van der Waals surface area contributed by atoms with Gasteiger partial charge in [0.05, 0.1) is 4.90 Å². The van der Waals surface area contributed by atoms with Crippen LogP contribution in [0.5, 0.6) is 0 Å². The van der Waals surface area contributed by atoms with E-state index in [1.807, 2.05) is 0 Å². The second kappa shape index (κ2) is 9.77. The van der Waals surface area contributed by atoms with Crippen molar-refractivity contribution in [3.63, 3.8) is 0 Å². The summed E-state index contributed by atoms with van der Waals surface area (Å²) in [6.07, 6.45) is 5.87. The van der Waals surface area contributed by atoms with Gasteiger partial charge in [-0.2, -0.15) is 4.31 Å². The van der Waals surface area contributed by atoms with E-state index >= 15 is 0 Å². The fourth-order valence-corrected chi connectivity index (χ4v) is 5.99. The van der Waals surface area contributed by atoms with E-state index in [-0.39, 0.29) is 10.8 Å². The van der Waals surface area contributed by atoms with E-state index in [1.54, 1.807) is 16.4 Å². The van der Waals surface area contributed by atoms with Crippen LogP contribution in [0.4, 0.5) is 5.13 Å². The molecule has 1 aliphatic rings. The molecule has 1 fully saturated rings. The Balaban J connectivity index is 1.68. The molecule has 9 heteroatoms. The Bertz CT molecular complexity index is 913. The first-order valence-electron chi connectivity index (χ1n) is 10.2. The number of hydrogen-bond donors (Lipinski definition) is 1. The lowest BCUT2D eigenvalue weighted by atomic mass is 10.1. The zero-order valence-corrected chi connectivity index (χ0v) is 18.6. The van der Waals surface area contributed by atoms with Crippen LogP contribution in [0.15, 0.2) is 29.2 Å². The number of benzene rings is 1. The van der Waals surface area contributed by atoms with Gasteiger partial charge >= 0.3 is 0 Å². The molecule has 7 nitrogen and oxygen atoms in total. The summed E-state index contributed by atoms with van der Waals surface area (Å²) in [4.78, 5) is 12.7. The maximum atomic E-state index is 12.8. The van der Waals surface area contributed by atoms with Crippen molar-refractivity contribution in [1.29, 1.82) is 0 Å². The molecule has 0 unspecified atom stereocenters. The van der Waals surface area contributed by atoms with E-state index in [1.165, 1.54) is 23.5 Å². The third kappa shape index (κ3) is 5.21. The lowest BCUT2D eigenvalue weighted by molar-refractivity contribution is 0.102. The van der Waals surface area contributed by atoms with E-state index in [9.17, 15) is 13.2 Å². The molecule has 2 heterocycles. The van der Waals surface area contributed by atoms with E-state index in [4.69, 9.17) is 0 Å². The molecule has 0 spiro atoms. The Hall–Kier alpha value is -1.84. The highest BCUT2D eigenvalue weighted by Crippen LogP contribution is 2.28. The topological polar surface area (TPSA) is 92.3 Å². The number of nitrogens with one attached hydrogen (secondary N) is 1. The Morgan fingerprint density at radius 2 is 1.69 bits per heavy atom. The van der Waals surface area contributed by atoms with E-state index in [0.717, 1.165) is 43.5 Å². The van der Waals surface area contributed by atoms with Crippen molar-refractivity contribution in [2.24, 2.45) is 0 Å². The van der Waals surface area contributed by atoms with Gasteiger partial charge in [0.1, 0.15) is 5.01 Å². The molecule has 0 radical (unpaired) electrons. The number of sulfonamides is 1. The largest absolute Gasteiger partial charge is 0.296 e.